The summed E-state index contributed by atoms with van der Waals surface area (Å²) in [6, 6.07) is 6.17. The van der Waals surface area contributed by atoms with Crippen LogP contribution < -0.4 is 0 Å². The average molecular weight is 265 g/mol. The van der Waals surface area contributed by atoms with Crippen molar-refractivity contribution in [3.63, 3.8) is 0 Å². The molecule has 2 aromatic rings. The zero-order valence-corrected chi connectivity index (χ0v) is 10.1. The Morgan fingerprint density at radius 2 is 2.06 bits per heavy atom. The molecular weight excluding hydrogens is 255 g/mol. The van der Waals surface area contributed by atoms with Crippen molar-refractivity contribution < 1.29 is 4.39 Å². The van der Waals surface area contributed by atoms with Crippen LogP contribution in [0.3, 0.4) is 0 Å². The predicted molar refractivity (Wildman–Crippen MR) is 65.1 cm³/mol. The first kappa shape index (κ1) is 11.3. The van der Waals surface area contributed by atoms with Crippen molar-refractivity contribution in [3.05, 3.63) is 53.1 Å². The topological polar surface area (TPSA) is 42.5 Å². The van der Waals surface area contributed by atoms with Gasteiger partial charge in [0.05, 0.1) is 17.8 Å². The van der Waals surface area contributed by atoms with Crippen molar-refractivity contribution in [3.8, 4) is 0 Å². The summed E-state index contributed by atoms with van der Waals surface area (Å²) in [5, 5.41) is 13.0. The molecule has 0 saturated heterocycles. The molecule has 0 spiro atoms. The molecule has 0 N–H and O–H groups in total. The lowest BCUT2D eigenvalue weighted by molar-refractivity contribution is 0.433. The molecule has 0 bridgehead atoms. The van der Waals surface area contributed by atoms with Crippen molar-refractivity contribution in [2.75, 3.05) is 6.54 Å². The molecule has 0 fully saturated rings. The molecule has 0 radical (unpaired) electrons. The van der Waals surface area contributed by atoms with Crippen molar-refractivity contribution in [2.45, 2.75) is 12.1 Å². The minimum Gasteiger partial charge on any atom is -0.264 e. The van der Waals surface area contributed by atoms with Gasteiger partial charge in [-0.1, -0.05) is 23.7 Å². The van der Waals surface area contributed by atoms with Crippen molar-refractivity contribution in [1.29, 1.82) is 0 Å². The van der Waals surface area contributed by atoms with E-state index < -0.39 is 0 Å². The van der Waals surface area contributed by atoms with Crippen LogP contribution in [0.15, 0.2) is 46.9 Å². The number of benzene rings is 1. The van der Waals surface area contributed by atoms with Crippen LogP contribution in [0.1, 0.15) is 17.6 Å². The van der Waals surface area contributed by atoms with Gasteiger partial charge in [-0.15, -0.1) is 0 Å². The predicted octanol–water partition coefficient (Wildman–Crippen LogP) is 3.42. The monoisotopic (exact) mass is 264 g/mol. The number of hydrogen-bond acceptors (Lipinski definition) is 3. The van der Waals surface area contributed by atoms with Gasteiger partial charge in [0.25, 0.3) is 0 Å². The molecule has 92 valence electrons. The highest BCUT2D eigenvalue weighted by Crippen LogP contribution is 2.35. The molecule has 3 rings (SSSR count). The minimum atomic E-state index is -0.257. The van der Waals surface area contributed by atoms with Gasteiger partial charge in [-0.3, -0.25) is 4.68 Å². The van der Waals surface area contributed by atoms with Crippen LogP contribution in [-0.2, 0) is 0 Å². The van der Waals surface area contributed by atoms with Crippen molar-refractivity contribution in [2.24, 2.45) is 10.2 Å². The molecule has 0 saturated carbocycles. The number of aromatic nitrogens is 2. The van der Waals surface area contributed by atoms with E-state index in [0.717, 1.165) is 5.56 Å². The van der Waals surface area contributed by atoms with E-state index in [1.807, 2.05) is 0 Å². The third kappa shape index (κ3) is 2.01. The molecule has 18 heavy (non-hydrogen) atoms. The zero-order chi connectivity index (χ0) is 12.5. The molecular formula is C12H10ClFN4. The summed E-state index contributed by atoms with van der Waals surface area (Å²) in [5.41, 5.74) is 0.925. The first-order chi connectivity index (χ1) is 8.74. The molecule has 0 aliphatic carbocycles. The van der Waals surface area contributed by atoms with Gasteiger partial charge in [0.1, 0.15) is 17.9 Å². The van der Waals surface area contributed by atoms with Crippen LogP contribution in [0.2, 0.25) is 5.02 Å². The molecule has 1 aliphatic rings. The van der Waals surface area contributed by atoms with E-state index in [1.54, 1.807) is 29.2 Å². The fourth-order valence-corrected chi connectivity index (χ4v) is 2.21. The minimum absolute atomic E-state index is 0.00274. The Hall–Kier alpha value is -1.75. The van der Waals surface area contributed by atoms with Gasteiger partial charge >= 0.3 is 0 Å². The van der Waals surface area contributed by atoms with Crippen LogP contribution in [0.5, 0.6) is 0 Å². The molecule has 2 atom stereocenters. The van der Waals surface area contributed by atoms with E-state index >= 15 is 0 Å². The first-order valence-corrected chi connectivity index (χ1v) is 5.93. The van der Waals surface area contributed by atoms with Crippen LogP contribution in [0.4, 0.5) is 4.39 Å². The lowest BCUT2D eigenvalue weighted by Gasteiger charge is -2.16. The van der Waals surface area contributed by atoms with E-state index in [-0.39, 0.29) is 17.9 Å². The second-order valence-corrected chi connectivity index (χ2v) is 4.58. The third-order valence-electron chi connectivity index (χ3n) is 2.96. The van der Waals surface area contributed by atoms with Gasteiger partial charge in [-0.25, -0.2) is 4.39 Å². The summed E-state index contributed by atoms with van der Waals surface area (Å²) in [6.07, 6.45) is 3.33. The molecule has 1 aliphatic heterocycles. The normalized spacial score (nSPS) is 22.6. The van der Waals surface area contributed by atoms with E-state index in [0.29, 0.717) is 11.6 Å². The van der Waals surface area contributed by atoms with E-state index in [1.165, 1.54) is 12.1 Å². The smallest absolute Gasteiger partial charge is 0.123 e. The fraction of sp³-hybridized carbons (Fsp3) is 0.250. The second-order valence-electron chi connectivity index (χ2n) is 4.14. The average Bonchev–Trinajstić information content (AvgIpc) is 2.98. The van der Waals surface area contributed by atoms with Crippen LogP contribution in [0.25, 0.3) is 0 Å². The fourth-order valence-electron chi connectivity index (χ4n) is 2.07. The number of azo groups is 1. The Balaban J connectivity index is 1.91. The number of rotatable bonds is 2. The lowest BCUT2D eigenvalue weighted by atomic mass is 10.0. The number of nitrogens with zero attached hydrogens (tertiary/aromatic N) is 4. The van der Waals surface area contributed by atoms with Gasteiger partial charge in [0, 0.05) is 6.20 Å². The molecule has 0 amide bonds. The highest BCUT2D eigenvalue weighted by Gasteiger charge is 2.29. The number of hydrogen-bond donors (Lipinski definition) is 0. The maximum absolute atomic E-state index is 12.9. The first-order valence-electron chi connectivity index (χ1n) is 5.56. The molecule has 1 aromatic carbocycles. The maximum atomic E-state index is 12.9. The Morgan fingerprint density at radius 3 is 2.72 bits per heavy atom. The summed E-state index contributed by atoms with van der Waals surface area (Å²) in [6.45, 7) is 0.556. The van der Waals surface area contributed by atoms with Gasteiger partial charge < -0.3 is 0 Å². The molecule has 1 aromatic heterocycles. The number of halogens is 2. The highest BCUT2D eigenvalue weighted by molar-refractivity contribution is 6.30. The Morgan fingerprint density at radius 1 is 1.28 bits per heavy atom. The molecule has 2 heterocycles. The van der Waals surface area contributed by atoms with Crippen LogP contribution >= 0.6 is 11.6 Å². The molecule has 2 unspecified atom stereocenters. The van der Waals surface area contributed by atoms with E-state index in [2.05, 4.69) is 15.3 Å². The lowest BCUT2D eigenvalue weighted by Crippen LogP contribution is -2.16. The van der Waals surface area contributed by atoms with Gasteiger partial charge in [-0.05, 0) is 17.7 Å². The standard InChI is InChI=1S/C12H10ClFN4/c13-9-5-16-18(7-9)11-6-15-17-12(11)8-1-3-10(14)4-2-8/h1-5,7,11-12H,6H2. The van der Waals surface area contributed by atoms with E-state index in [9.17, 15) is 4.39 Å². The zero-order valence-electron chi connectivity index (χ0n) is 9.37. The van der Waals surface area contributed by atoms with Crippen molar-refractivity contribution in [1.82, 2.24) is 9.78 Å². The Kier molecular flexibility index (Phi) is 2.83. The Bertz CT molecular complexity index is 578. The SMILES string of the molecule is Fc1ccc(C2N=NCC2n2cc(Cl)cn2)cc1. The van der Waals surface area contributed by atoms with Crippen LogP contribution in [-0.4, -0.2) is 16.3 Å². The summed E-state index contributed by atoms with van der Waals surface area (Å²) in [7, 11) is 0. The molecule has 6 heteroatoms. The summed E-state index contributed by atoms with van der Waals surface area (Å²) >= 11 is 5.86. The third-order valence-corrected chi connectivity index (χ3v) is 3.16. The molecule has 4 nitrogen and oxygen atoms in total. The quantitative estimate of drug-likeness (QED) is 0.819. The van der Waals surface area contributed by atoms with Crippen molar-refractivity contribution >= 4 is 11.6 Å². The highest BCUT2D eigenvalue weighted by atomic mass is 35.5. The van der Waals surface area contributed by atoms with E-state index in [4.69, 9.17) is 11.6 Å². The van der Waals surface area contributed by atoms with Gasteiger partial charge in [0.2, 0.25) is 0 Å². The van der Waals surface area contributed by atoms with Gasteiger partial charge in [-0.2, -0.15) is 15.3 Å². The summed E-state index contributed by atoms with van der Waals surface area (Å²) in [4.78, 5) is 0. The van der Waals surface area contributed by atoms with Crippen LogP contribution in [0, 0.1) is 5.82 Å². The second kappa shape index (κ2) is 4.49. The van der Waals surface area contributed by atoms with Gasteiger partial charge in [0.15, 0.2) is 0 Å². The Labute approximate surface area is 108 Å². The largest absolute Gasteiger partial charge is 0.264 e. The summed E-state index contributed by atoms with van der Waals surface area (Å²) < 4.78 is 14.7. The summed E-state index contributed by atoms with van der Waals surface area (Å²) in [5.74, 6) is -0.257. The maximum Gasteiger partial charge on any atom is 0.123 e.